The molecular weight excluding hydrogens is 338 g/mol. The fraction of sp³-hybridized carbons (Fsp3) is 0.421. The number of hydrogen-bond acceptors (Lipinski definition) is 4. The number of benzene rings is 1. The number of halogens is 1. The van der Waals surface area contributed by atoms with E-state index in [1.807, 2.05) is 12.1 Å². The van der Waals surface area contributed by atoms with Crippen LogP contribution in [0.2, 0.25) is 5.02 Å². The van der Waals surface area contributed by atoms with Gasteiger partial charge in [-0.05, 0) is 37.1 Å². The molecule has 3 rings (SSSR count). The molecule has 1 aliphatic rings. The van der Waals surface area contributed by atoms with Crippen LogP contribution in [0.3, 0.4) is 0 Å². The molecule has 0 bridgehead atoms. The molecule has 5 nitrogen and oxygen atoms in total. The molecule has 1 saturated carbocycles. The highest BCUT2D eigenvalue weighted by molar-refractivity contribution is 6.30. The summed E-state index contributed by atoms with van der Waals surface area (Å²) >= 11 is 5.88. The second kappa shape index (κ2) is 7.71. The van der Waals surface area contributed by atoms with Gasteiger partial charge in [0, 0.05) is 23.4 Å². The number of rotatable bonds is 5. The van der Waals surface area contributed by atoms with Crippen molar-refractivity contribution in [2.24, 2.45) is 0 Å². The molecule has 1 aromatic carbocycles. The molecule has 0 unspecified atom stereocenters. The van der Waals surface area contributed by atoms with Crippen LogP contribution in [-0.2, 0) is 11.2 Å². The van der Waals surface area contributed by atoms with Crippen molar-refractivity contribution in [2.45, 2.75) is 50.5 Å². The number of hydrogen-bond donors (Lipinski definition) is 1. The van der Waals surface area contributed by atoms with Crippen LogP contribution < -0.4 is 5.32 Å². The highest BCUT2D eigenvalue weighted by atomic mass is 35.5. The van der Waals surface area contributed by atoms with Gasteiger partial charge in [0.25, 0.3) is 0 Å². The molecule has 25 heavy (non-hydrogen) atoms. The minimum absolute atomic E-state index is 0.130. The Hall–Kier alpha value is -2.32. The Balaban J connectivity index is 1.56. The number of carbonyl (C=O) groups is 1. The third kappa shape index (κ3) is 4.40. The molecule has 0 radical (unpaired) electrons. The number of nitrogens with zero attached hydrogens (tertiary/aromatic N) is 2. The Bertz CT molecular complexity index is 771. The first-order chi connectivity index (χ1) is 12.1. The van der Waals surface area contributed by atoms with Crippen LogP contribution >= 0.6 is 11.6 Å². The van der Waals surface area contributed by atoms with Gasteiger partial charge in [0.1, 0.15) is 5.54 Å². The average Bonchev–Trinajstić information content (AvgIpc) is 3.10. The second-order valence-corrected chi connectivity index (χ2v) is 6.86. The fourth-order valence-corrected chi connectivity index (χ4v) is 3.27. The Morgan fingerprint density at radius 1 is 1.28 bits per heavy atom. The van der Waals surface area contributed by atoms with E-state index in [4.69, 9.17) is 16.0 Å². The van der Waals surface area contributed by atoms with E-state index in [0.717, 1.165) is 37.7 Å². The third-order valence-corrected chi connectivity index (χ3v) is 4.80. The Kier molecular flexibility index (Phi) is 5.40. The van der Waals surface area contributed by atoms with Gasteiger partial charge in [-0.2, -0.15) is 5.26 Å². The smallest absolute Gasteiger partial charge is 0.221 e. The first kappa shape index (κ1) is 17.5. The normalized spacial score (nSPS) is 16.2. The number of nitrogens with one attached hydrogen (secondary N) is 1. The number of aryl methyl sites for hydroxylation is 1. The van der Waals surface area contributed by atoms with E-state index in [9.17, 15) is 10.1 Å². The van der Waals surface area contributed by atoms with E-state index in [2.05, 4.69) is 16.4 Å². The number of oxazole rings is 1. The van der Waals surface area contributed by atoms with Crippen molar-refractivity contribution in [1.29, 1.82) is 5.26 Å². The molecule has 0 aliphatic heterocycles. The van der Waals surface area contributed by atoms with Crippen molar-refractivity contribution in [3.8, 4) is 17.4 Å². The van der Waals surface area contributed by atoms with Crippen molar-refractivity contribution < 1.29 is 9.21 Å². The maximum absolute atomic E-state index is 12.2. The molecule has 1 amide bonds. The minimum atomic E-state index is -0.694. The lowest BCUT2D eigenvalue weighted by molar-refractivity contribution is -0.122. The average molecular weight is 358 g/mol. The van der Waals surface area contributed by atoms with Crippen LogP contribution in [-0.4, -0.2) is 16.4 Å². The van der Waals surface area contributed by atoms with E-state index in [1.165, 1.54) is 0 Å². The van der Waals surface area contributed by atoms with Gasteiger partial charge >= 0.3 is 0 Å². The Labute approximate surface area is 152 Å². The highest BCUT2D eigenvalue weighted by Gasteiger charge is 2.33. The zero-order valence-electron chi connectivity index (χ0n) is 13.9. The van der Waals surface area contributed by atoms with Gasteiger partial charge < -0.3 is 9.73 Å². The van der Waals surface area contributed by atoms with Gasteiger partial charge in [-0.15, -0.1) is 0 Å². The summed E-state index contributed by atoms with van der Waals surface area (Å²) in [6.45, 7) is 0. The van der Waals surface area contributed by atoms with E-state index >= 15 is 0 Å². The quantitative estimate of drug-likeness (QED) is 0.866. The summed E-state index contributed by atoms with van der Waals surface area (Å²) in [7, 11) is 0. The first-order valence-corrected chi connectivity index (χ1v) is 8.91. The second-order valence-electron chi connectivity index (χ2n) is 6.43. The highest BCUT2D eigenvalue weighted by Crippen LogP contribution is 2.28. The maximum Gasteiger partial charge on any atom is 0.221 e. The van der Waals surface area contributed by atoms with Crippen molar-refractivity contribution in [3.63, 3.8) is 0 Å². The van der Waals surface area contributed by atoms with Gasteiger partial charge in [-0.25, -0.2) is 4.98 Å². The summed E-state index contributed by atoms with van der Waals surface area (Å²) in [4.78, 5) is 16.4. The van der Waals surface area contributed by atoms with Gasteiger partial charge in [0.2, 0.25) is 5.91 Å². The standard InChI is InChI=1S/C19H20ClN3O2/c20-15-6-4-14(5-7-15)16-12-22-18(25-16)9-8-17(24)23-19(13-21)10-2-1-3-11-19/h4-7,12H,1-3,8-11H2,(H,23,24). The van der Waals surface area contributed by atoms with E-state index in [1.54, 1.807) is 18.3 Å². The van der Waals surface area contributed by atoms with Crippen LogP contribution in [0.4, 0.5) is 0 Å². The fourth-order valence-electron chi connectivity index (χ4n) is 3.14. The van der Waals surface area contributed by atoms with Crippen LogP contribution in [0.5, 0.6) is 0 Å². The third-order valence-electron chi connectivity index (χ3n) is 4.55. The van der Waals surface area contributed by atoms with E-state index < -0.39 is 5.54 Å². The Morgan fingerprint density at radius 2 is 2.00 bits per heavy atom. The zero-order valence-corrected chi connectivity index (χ0v) is 14.7. The molecule has 1 fully saturated rings. The largest absolute Gasteiger partial charge is 0.441 e. The van der Waals surface area contributed by atoms with Gasteiger partial charge in [0.05, 0.1) is 12.3 Å². The predicted molar refractivity (Wildman–Crippen MR) is 94.8 cm³/mol. The molecule has 0 saturated heterocycles. The Morgan fingerprint density at radius 3 is 2.68 bits per heavy atom. The molecule has 2 aromatic rings. The summed E-state index contributed by atoms with van der Waals surface area (Å²) in [5, 5.41) is 13.0. The lowest BCUT2D eigenvalue weighted by Gasteiger charge is -2.31. The predicted octanol–water partition coefficient (Wildman–Crippen LogP) is 4.27. The monoisotopic (exact) mass is 357 g/mol. The molecule has 130 valence electrons. The zero-order chi connectivity index (χ0) is 17.7. The van der Waals surface area contributed by atoms with Crippen molar-refractivity contribution in [2.75, 3.05) is 0 Å². The van der Waals surface area contributed by atoms with Crippen molar-refractivity contribution in [3.05, 3.63) is 41.4 Å². The molecule has 1 heterocycles. The van der Waals surface area contributed by atoms with Gasteiger partial charge in [0.15, 0.2) is 11.7 Å². The molecule has 0 spiro atoms. The van der Waals surface area contributed by atoms with Crippen molar-refractivity contribution in [1.82, 2.24) is 10.3 Å². The molecule has 1 aromatic heterocycles. The number of carbonyl (C=O) groups excluding carboxylic acids is 1. The summed E-state index contributed by atoms with van der Waals surface area (Å²) in [5.41, 5.74) is 0.193. The molecule has 1 N–H and O–H groups in total. The number of nitriles is 1. The maximum atomic E-state index is 12.2. The first-order valence-electron chi connectivity index (χ1n) is 8.53. The SMILES string of the molecule is N#CC1(NC(=O)CCc2ncc(-c3ccc(Cl)cc3)o2)CCCCC1. The number of aromatic nitrogens is 1. The minimum Gasteiger partial charge on any atom is -0.441 e. The van der Waals surface area contributed by atoms with Crippen molar-refractivity contribution >= 4 is 17.5 Å². The van der Waals surface area contributed by atoms with Crippen LogP contribution in [0.15, 0.2) is 34.9 Å². The lowest BCUT2D eigenvalue weighted by Crippen LogP contribution is -2.48. The van der Waals surface area contributed by atoms with Gasteiger partial charge in [-0.1, -0.05) is 30.9 Å². The molecule has 1 aliphatic carbocycles. The van der Waals surface area contributed by atoms with Crippen LogP contribution in [0.25, 0.3) is 11.3 Å². The topological polar surface area (TPSA) is 78.9 Å². The molecular formula is C19H20ClN3O2. The van der Waals surface area contributed by atoms with Gasteiger partial charge in [-0.3, -0.25) is 4.79 Å². The molecule has 0 atom stereocenters. The van der Waals surface area contributed by atoms with E-state index in [-0.39, 0.29) is 12.3 Å². The molecule has 6 heteroatoms. The summed E-state index contributed by atoms with van der Waals surface area (Å²) in [6.07, 6.45) is 6.86. The lowest BCUT2D eigenvalue weighted by atomic mass is 9.83. The summed E-state index contributed by atoms with van der Waals surface area (Å²) in [5.74, 6) is 1.03. The number of amides is 1. The van der Waals surface area contributed by atoms with E-state index in [0.29, 0.717) is 23.1 Å². The van der Waals surface area contributed by atoms with Crippen LogP contribution in [0, 0.1) is 11.3 Å². The summed E-state index contributed by atoms with van der Waals surface area (Å²) < 4.78 is 5.70. The van der Waals surface area contributed by atoms with Crippen LogP contribution in [0.1, 0.15) is 44.4 Å². The summed E-state index contributed by atoms with van der Waals surface area (Å²) in [6, 6.07) is 9.59.